The van der Waals surface area contributed by atoms with E-state index in [2.05, 4.69) is 29.2 Å². The lowest BCUT2D eigenvalue weighted by Gasteiger charge is -2.39. The molecule has 3 heteroatoms. The Morgan fingerprint density at radius 2 is 2.11 bits per heavy atom. The normalized spacial score (nSPS) is 22.5. The molecule has 1 fully saturated rings. The van der Waals surface area contributed by atoms with Crippen LogP contribution in [0.5, 0.6) is 0 Å². The van der Waals surface area contributed by atoms with Crippen molar-refractivity contribution in [2.24, 2.45) is 0 Å². The zero-order valence-corrected chi connectivity index (χ0v) is 12.2. The second-order valence-corrected chi connectivity index (χ2v) is 6.76. The van der Waals surface area contributed by atoms with E-state index in [0.717, 1.165) is 19.0 Å². The van der Waals surface area contributed by atoms with Crippen LogP contribution in [0.2, 0.25) is 0 Å². The Kier molecular flexibility index (Phi) is 4.46. The van der Waals surface area contributed by atoms with E-state index in [1.807, 2.05) is 11.8 Å². The molecule has 0 amide bonds. The summed E-state index contributed by atoms with van der Waals surface area (Å²) >= 11 is 2.00. The van der Waals surface area contributed by atoms with Gasteiger partial charge >= 0.3 is 0 Å². The third-order valence-electron chi connectivity index (χ3n) is 4.45. The highest BCUT2D eigenvalue weighted by molar-refractivity contribution is 7.99. The van der Waals surface area contributed by atoms with E-state index in [0.29, 0.717) is 12.5 Å². The standard InChI is InChI=1S/C16H23NOS/c18-10-4-9-17(14-5-3-6-14)11-13-12-19-16-8-2-1-7-15(13)16/h1-2,7-8,13-14,18H,3-6,9-12H2. The molecule has 3 rings (SSSR count). The summed E-state index contributed by atoms with van der Waals surface area (Å²) in [5.74, 6) is 1.90. The van der Waals surface area contributed by atoms with Crippen LogP contribution in [0.25, 0.3) is 0 Å². The summed E-state index contributed by atoms with van der Waals surface area (Å²) in [4.78, 5) is 4.11. The van der Waals surface area contributed by atoms with Crippen LogP contribution in [0.1, 0.15) is 37.2 Å². The molecule has 0 spiro atoms. The van der Waals surface area contributed by atoms with Gasteiger partial charge in [-0.2, -0.15) is 0 Å². The third kappa shape index (κ3) is 2.99. The summed E-state index contributed by atoms with van der Waals surface area (Å²) in [7, 11) is 0. The van der Waals surface area contributed by atoms with Gasteiger partial charge in [-0.05, 0) is 30.9 Å². The summed E-state index contributed by atoms with van der Waals surface area (Å²) < 4.78 is 0. The van der Waals surface area contributed by atoms with Crippen molar-refractivity contribution >= 4 is 11.8 Å². The van der Waals surface area contributed by atoms with E-state index in [4.69, 9.17) is 5.11 Å². The van der Waals surface area contributed by atoms with Gasteiger partial charge < -0.3 is 5.11 Å². The molecule has 104 valence electrons. The maximum atomic E-state index is 9.08. The molecular formula is C16H23NOS. The van der Waals surface area contributed by atoms with Crippen LogP contribution < -0.4 is 0 Å². The number of fused-ring (bicyclic) bond motifs is 1. The van der Waals surface area contributed by atoms with E-state index < -0.39 is 0 Å². The van der Waals surface area contributed by atoms with Gasteiger partial charge in [0.05, 0.1) is 0 Å². The van der Waals surface area contributed by atoms with Gasteiger partial charge in [-0.15, -0.1) is 11.8 Å². The number of aliphatic hydroxyl groups is 1. The van der Waals surface area contributed by atoms with Crippen LogP contribution in [0.4, 0.5) is 0 Å². The van der Waals surface area contributed by atoms with Crippen molar-refractivity contribution in [2.45, 2.75) is 42.5 Å². The number of benzene rings is 1. The van der Waals surface area contributed by atoms with E-state index in [1.165, 1.54) is 36.5 Å². The maximum Gasteiger partial charge on any atom is 0.0443 e. The van der Waals surface area contributed by atoms with E-state index in [9.17, 15) is 0 Å². The molecule has 0 saturated heterocycles. The molecule has 1 aliphatic carbocycles. The minimum atomic E-state index is 0.319. The fourth-order valence-corrected chi connectivity index (χ4v) is 4.35. The summed E-state index contributed by atoms with van der Waals surface area (Å²) in [6, 6.07) is 9.64. The molecule has 19 heavy (non-hydrogen) atoms. The average Bonchev–Trinajstić information content (AvgIpc) is 2.77. The van der Waals surface area contributed by atoms with E-state index in [1.54, 1.807) is 5.56 Å². The molecule has 1 aromatic rings. The molecule has 1 unspecified atom stereocenters. The Balaban J connectivity index is 1.65. The molecule has 1 aliphatic heterocycles. The van der Waals surface area contributed by atoms with Crippen LogP contribution in [-0.2, 0) is 0 Å². The van der Waals surface area contributed by atoms with Crippen molar-refractivity contribution in [3.8, 4) is 0 Å². The molecule has 2 aliphatic rings. The van der Waals surface area contributed by atoms with E-state index >= 15 is 0 Å². The Morgan fingerprint density at radius 1 is 1.26 bits per heavy atom. The molecule has 0 bridgehead atoms. The first-order valence-electron chi connectivity index (χ1n) is 7.45. The average molecular weight is 277 g/mol. The van der Waals surface area contributed by atoms with Gasteiger partial charge in [0.25, 0.3) is 0 Å². The van der Waals surface area contributed by atoms with Crippen LogP contribution in [0.3, 0.4) is 0 Å². The fourth-order valence-electron chi connectivity index (χ4n) is 3.11. The van der Waals surface area contributed by atoms with Crippen molar-refractivity contribution in [2.75, 3.05) is 25.4 Å². The molecule has 1 N–H and O–H groups in total. The van der Waals surface area contributed by atoms with Gasteiger partial charge in [0.2, 0.25) is 0 Å². The van der Waals surface area contributed by atoms with Gasteiger partial charge in [0, 0.05) is 42.3 Å². The second-order valence-electron chi connectivity index (χ2n) is 5.70. The SMILES string of the molecule is OCCCN(CC1CSc2ccccc21)C1CCC1. The van der Waals surface area contributed by atoms with E-state index in [-0.39, 0.29) is 0 Å². The predicted octanol–water partition coefficient (Wildman–Crippen LogP) is 3.11. The summed E-state index contributed by atoms with van der Waals surface area (Å²) in [5.41, 5.74) is 1.54. The van der Waals surface area contributed by atoms with Crippen molar-refractivity contribution in [1.29, 1.82) is 0 Å². The van der Waals surface area contributed by atoms with Gasteiger partial charge in [0.1, 0.15) is 0 Å². The van der Waals surface area contributed by atoms with Crippen molar-refractivity contribution in [1.82, 2.24) is 4.90 Å². The first-order valence-corrected chi connectivity index (χ1v) is 8.43. The minimum Gasteiger partial charge on any atom is -0.396 e. The van der Waals surface area contributed by atoms with Crippen LogP contribution in [0, 0.1) is 0 Å². The molecule has 0 radical (unpaired) electrons. The molecule has 1 saturated carbocycles. The zero-order chi connectivity index (χ0) is 13.1. The van der Waals surface area contributed by atoms with Crippen molar-refractivity contribution in [3.05, 3.63) is 29.8 Å². The second kappa shape index (κ2) is 6.29. The third-order valence-corrected chi connectivity index (χ3v) is 5.70. The highest BCUT2D eigenvalue weighted by atomic mass is 32.2. The van der Waals surface area contributed by atoms with Crippen molar-refractivity contribution in [3.63, 3.8) is 0 Å². The zero-order valence-electron chi connectivity index (χ0n) is 11.4. The first-order chi connectivity index (χ1) is 9.38. The molecule has 2 nitrogen and oxygen atoms in total. The Morgan fingerprint density at radius 3 is 2.84 bits per heavy atom. The molecule has 1 aromatic carbocycles. The highest BCUT2D eigenvalue weighted by Gasteiger charge is 2.30. The number of rotatable bonds is 6. The Bertz CT molecular complexity index is 419. The largest absolute Gasteiger partial charge is 0.396 e. The topological polar surface area (TPSA) is 23.5 Å². The Hall–Kier alpha value is -0.510. The smallest absolute Gasteiger partial charge is 0.0443 e. The molecule has 0 aromatic heterocycles. The Labute approximate surface area is 120 Å². The number of hydrogen-bond donors (Lipinski definition) is 1. The number of hydrogen-bond acceptors (Lipinski definition) is 3. The number of aliphatic hydroxyl groups excluding tert-OH is 1. The lowest BCUT2D eigenvalue weighted by atomic mass is 9.90. The molecule has 1 atom stereocenters. The van der Waals surface area contributed by atoms with Crippen LogP contribution in [-0.4, -0.2) is 41.5 Å². The van der Waals surface area contributed by atoms with Crippen LogP contribution >= 0.6 is 11.8 Å². The lowest BCUT2D eigenvalue weighted by molar-refractivity contribution is 0.111. The van der Waals surface area contributed by atoms with Gasteiger partial charge in [-0.1, -0.05) is 24.6 Å². The fraction of sp³-hybridized carbons (Fsp3) is 0.625. The number of thioether (sulfide) groups is 1. The van der Waals surface area contributed by atoms with Crippen molar-refractivity contribution < 1.29 is 5.11 Å². The highest BCUT2D eigenvalue weighted by Crippen LogP contribution is 2.40. The quantitative estimate of drug-likeness (QED) is 0.864. The molecular weight excluding hydrogens is 254 g/mol. The molecule has 1 heterocycles. The van der Waals surface area contributed by atoms with Gasteiger partial charge in [-0.3, -0.25) is 4.90 Å². The number of nitrogens with zero attached hydrogens (tertiary/aromatic N) is 1. The monoisotopic (exact) mass is 277 g/mol. The summed E-state index contributed by atoms with van der Waals surface area (Å²) in [6.07, 6.45) is 5.01. The van der Waals surface area contributed by atoms with Gasteiger partial charge in [-0.25, -0.2) is 0 Å². The first kappa shape index (κ1) is 13.5. The minimum absolute atomic E-state index is 0.319. The summed E-state index contributed by atoms with van der Waals surface area (Å²) in [5, 5.41) is 9.08. The lowest BCUT2D eigenvalue weighted by Crippen LogP contribution is -2.43. The maximum absolute atomic E-state index is 9.08. The van der Waals surface area contributed by atoms with Gasteiger partial charge in [0.15, 0.2) is 0 Å². The predicted molar refractivity (Wildman–Crippen MR) is 80.8 cm³/mol. The summed E-state index contributed by atoms with van der Waals surface area (Å²) in [6.45, 7) is 2.55. The van der Waals surface area contributed by atoms with Crippen LogP contribution in [0.15, 0.2) is 29.2 Å².